The topological polar surface area (TPSA) is 54.0 Å². The molecule has 2 N–H and O–H groups in total. The van der Waals surface area contributed by atoms with E-state index in [1.165, 1.54) is 0 Å². The number of hydrogen-bond donors (Lipinski definition) is 2. The van der Waals surface area contributed by atoms with Crippen LogP contribution in [0.25, 0.3) is 0 Å². The number of carbonyl (C=O) groups is 1. The van der Waals surface area contributed by atoms with E-state index in [1.54, 1.807) is 12.4 Å². The van der Waals surface area contributed by atoms with E-state index in [0.717, 1.165) is 16.8 Å². The molecule has 0 fully saturated rings. The number of aryl methyl sites for hydroxylation is 1. The van der Waals surface area contributed by atoms with Gasteiger partial charge in [0.2, 0.25) is 0 Å². The summed E-state index contributed by atoms with van der Waals surface area (Å²) in [5, 5.41) is 5.69. The number of pyridine rings is 1. The van der Waals surface area contributed by atoms with Gasteiger partial charge in [-0.05, 0) is 43.2 Å². The van der Waals surface area contributed by atoms with E-state index in [9.17, 15) is 4.79 Å². The van der Waals surface area contributed by atoms with E-state index >= 15 is 0 Å². The number of benzene rings is 1. The summed E-state index contributed by atoms with van der Waals surface area (Å²) in [7, 11) is 0. The normalized spacial score (nSPS) is 11.7. The van der Waals surface area contributed by atoms with E-state index in [-0.39, 0.29) is 12.1 Å². The predicted octanol–water partition coefficient (Wildman–Crippen LogP) is 3.27. The third-order valence-electron chi connectivity index (χ3n) is 2.81. The van der Waals surface area contributed by atoms with Crippen LogP contribution in [0.15, 0.2) is 48.8 Å². The zero-order valence-corrected chi connectivity index (χ0v) is 11.1. The highest BCUT2D eigenvalue weighted by atomic mass is 16.2. The lowest BCUT2D eigenvalue weighted by atomic mass is 10.1. The van der Waals surface area contributed by atoms with Gasteiger partial charge in [-0.3, -0.25) is 4.98 Å². The molecule has 0 bridgehead atoms. The first kappa shape index (κ1) is 13.1. The van der Waals surface area contributed by atoms with Crippen molar-refractivity contribution < 1.29 is 4.79 Å². The van der Waals surface area contributed by atoms with Gasteiger partial charge in [-0.15, -0.1) is 0 Å². The van der Waals surface area contributed by atoms with E-state index < -0.39 is 0 Å². The highest BCUT2D eigenvalue weighted by Crippen LogP contribution is 2.12. The lowest BCUT2D eigenvalue weighted by Gasteiger charge is -2.14. The number of anilines is 1. The van der Waals surface area contributed by atoms with Crippen molar-refractivity contribution in [3.63, 3.8) is 0 Å². The van der Waals surface area contributed by atoms with Crippen LogP contribution in [0.2, 0.25) is 0 Å². The molecule has 1 unspecified atom stereocenters. The van der Waals surface area contributed by atoms with Gasteiger partial charge in [0.15, 0.2) is 0 Å². The van der Waals surface area contributed by atoms with Crippen molar-refractivity contribution >= 4 is 11.7 Å². The molecule has 4 heteroatoms. The van der Waals surface area contributed by atoms with Crippen molar-refractivity contribution in [2.24, 2.45) is 0 Å². The summed E-state index contributed by atoms with van der Waals surface area (Å²) in [4.78, 5) is 15.9. The Morgan fingerprint density at radius 3 is 2.79 bits per heavy atom. The minimum Gasteiger partial charge on any atom is -0.331 e. The van der Waals surface area contributed by atoms with Crippen molar-refractivity contribution in [2.45, 2.75) is 19.9 Å². The molecule has 19 heavy (non-hydrogen) atoms. The first-order valence-corrected chi connectivity index (χ1v) is 6.19. The molecule has 0 radical (unpaired) electrons. The smallest absolute Gasteiger partial charge is 0.319 e. The van der Waals surface area contributed by atoms with Gasteiger partial charge in [0.1, 0.15) is 0 Å². The monoisotopic (exact) mass is 255 g/mol. The van der Waals surface area contributed by atoms with Gasteiger partial charge in [0, 0.05) is 18.1 Å². The molecule has 98 valence electrons. The van der Waals surface area contributed by atoms with Crippen LogP contribution in [0.3, 0.4) is 0 Å². The Bertz CT molecular complexity index is 554. The lowest BCUT2D eigenvalue weighted by Crippen LogP contribution is -2.31. The number of urea groups is 1. The van der Waals surface area contributed by atoms with Crippen LogP contribution in [0.1, 0.15) is 24.1 Å². The molecule has 2 amide bonds. The van der Waals surface area contributed by atoms with Gasteiger partial charge in [-0.25, -0.2) is 4.79 Å². The highest BCUT2D eigenvalue weighted by Gasteiger charge is 2.09. The Morgan fingerprint density at radius 2 is 2.11 bits per heavy atom. The summed E-state index contributed by atoms with van der Waals surface area (Å²) in [6.45, 7) is 3.91. The van der Waals surface area contributed by atoms with Gasteiger partial charge in [0.05, 0.1) is 6.04 Å². The third-order valence-corrected chi connectivity index (χ3v) is 2.81. The molecular formula is C15H17N3O. The van der Waals surface area contributed by atoms with Crippen LogP contribution in [0, 0.1) is 6.92 Å². The molecule has 0 spiro atoms. The number of carbonyl (C=O) groups excluding carboxylic acids is 1. The Kier molecular flexibility index (Phi) is 4.13. The Morgan fingerprint density at radius 1 is 1.26 bits per heavy atom. The van der Waals surface area contributed by atoms with Gasteiger partial charge in [-0.2, -0.15) is 0 Å². The molecule has 0 saturated heterocycles. The van der Waals surface area contributed by atoms with Gasteiger partial charge in [-0.1, -0.05) is 18.2 Å². The lowest BCUT2D eigenvalue weighted by molar-refractivity contribution is 0.249. The number of nitrogens with zero attached hydrogens (tertiary/aromatic N) is 1. The second kappa shape index (κ2) is 6.00. The first-order chi connectivity index (χ1) is 9.15. The minimum absolute atomic E-state index is 0.0847. The van der Waals surface area contributed by atoms with Gasteiger partial charge in [0.25, 0.3) is 0 Å². The Labute approximate surface area is 112 Å². The standard InChI is InChI=1S/C15H17N3O/c1-11-5-3-7-14(9-11)18-15(19)17-12(2)13-6-4-8-16-10-13/h3-10,12H,1-2H3,(H2,17,18,19). The number of rotatable bonds is 3. The molecule has 4 nitrogen and oxygen atoms in total. The van der Waals surface area contributed by atoms with Crippen LogP contribution >= 0.6 is 0 Å². The average molecular weight is 255 g/mol. The van der Waals surface area contributed by atoms with Gasteiger partial charge >= 0.3 is 6.03 Å². The molecule has 0 aliphatic rings. The molecule has 0 saturated carbocycles. The fraction of sp³-hybridized carbons (Fsp3) is 0.200. The van der Waals surface area contributed by atoms with Crippen molar-refractivity contribution in [3.8, 4) is 0 Å². The SMILES string of the molecule is Cc1cccc(NC(=O)NC(C)c2cccnc2)c1. The zero-order chi connectivity index (χ0) is 13.7. The van der Waals surface area contributed by atoms with E-state index in [4.69, 9.17) is 0 Å². The number of aromatic nitrogens is 1. The molecule has 1 heterocycles. The van der Waals surface area contributed by atoms with Crippen LogP contribution in [0.4, 0.5) is 10.5 Å². The molecule has 0 aliphatic carbocycles. The molecular weight excluding hydrogens is 238 g/mol. The number of nitrogens with one attached hydrogen (secondary N) is 2. The molecule has 1 aromatic heterocycles. The summed E-state index contributed by atoms with van der Waals surface area (Å²) in [6, 6.07) is 11.2. The second-order valence-electron chi connectivity index (χ2n) is 4.48. The summed E-state index contributed by atoms with van der Waals surface area (Å²) < 4.78 is 0. The van der Waals surface area contributed by atoms with Crippen LogP contribution in [0.5, 0.6) is 0 Å². The maximum absolute atomic E-state index is 11.9. The summed E-state index contributed by atoms with van der Waals surface area (Å²) in [6.07, 6.45) is 3.46. The molecule has 2 aromatic rings. The van der Waals surface area contributed by atoms with Crippen LogP contribution in [-0.4, -0.2) is 11.0 Å². The fourth-order valence-corrected chi connectivity index (χ4v) is 1.80. The average Bonchev–Trinajstić information content (AvgIpc) is 2.39. The number of hydrogen-bond acceptors (Lipinski definition) is 2. The third kappa shape index (κ3) is 3.81. The van der Waals surface area contributed by atoms with Gasteiger partial charge < -0.3 is 10.6 Å². The van der Waals surface area contributed by atoms with Crippen LogP contribution < -0.4 is 10.6 Å². The zero-order valence-electron chi connectivity index (χ0n) is 11.1. The number of amides is 2. The van der Waals surface area contributed by atoms with Crippen molar-refractivity contribution in [1.29, 1.82) is 0 Å². The van der Waals surface area contributed by atoms with E-state index in [2.05, 4.69) is 15.6 Å². The van der Waals surface area contributed by atoms with Crippen molar-refractivity contribution in [1.82, 2.24) is 10.3 Å². The fourth-order valence-electron chi connectivity index (χ4n) is 1.80. The Balaban J connectivity index is 1.95. The maximum atomic E-state index is 11.9. The summed E-state index contributed by atoms with van der Waals surface area (Å²) in [5.41, 5.74) is 2.87. The predicted molar refractivity (Wildman–Crippen MR) is 76.0 cm³/mol. The Hall–Kier alpha value is -2.36. The van der Waals surface area contributed by atoms with Crippen molar-refractivity contribution in [3.05, 3.63) is 59.9 Å². The summed E-state index contributed by atoms with van der Waals surface area (Å²) >= 11 is 0. The minimum atomic E-state index is -0.220. The molecule has 0 aliphatic heterocycles. The first-order valence-electron chi connectivity index (χ1n) is 6.19. The largest absolute Gasteiger partial charge is 0.331 e. The van der Waals surface area contributed by atoms with E-state index in [0.29, 0.717) is 0 Å². The van der Waals surface area contributed by atoms with E-state index in [1.807, 2.05) is 50.2 Å². The maximum Gasteiger partial charge on any atom is 0.319 e. The second-order valence-corrected chi connectivity index (χ2v) is 4.48. The summed E-state index contributed by atoms with van der Waals surface area (Å²) in [5.74, 6) is 0. The molecule has 1 atom stereocenters. The van der Waals surface area contributed by atoms with Crippen molar-refractivity contribution in [2.75, 3.05) is 5.32 Å². The molecule has 2 rings (SSSR count). The van der Waals surface area contributed by atoms with Crippen LogP contribution in [-0.2, 0) is 0 Å². The molecule has 1 aromatic carbocycles. The highest BCUT2D eigenvalue weighted by molar-refractivity contribution is 5.89. The quantitative estimate of drug-likeness (QED) is 0.884.